The highest BCUT2D eigenvalue weighted by molar-refractivity contribution is 8.13. The molecule has 2 heterocycles. The van der Waals surface area contributed by atoms with Crippen LogP contribution in [0.15, 0.2) is 48.5 Å². The van der Waals surface area contributed by atoms with Gasteiger partial charge in [0.05, 0.1) is 16.6 Å². The highest BCUT2D eigenvalue weighted by atomic mass is 32.2. The molecule has 0 saturated carbocycles. The number of thioether (sulfide) groups is 1. The molecule has 31 heavy (non-hydrogen) atoms. The molecule has 1 atom stereocenters. The van der Waals surface area contributed by atoms with Gasteiger partial charge in [-0.2, -0.15) is 0 Å². The Labute approximate surface area is 188 Å². The Hall–Kier alpha value is -2.51. The van der Waals surface area contributed by atoms with E-state index in [-0.39, 0.29) is 5.92 Å². The predicted octanol–water partition coefficient (Wildman–Crippen LogP) is 3.77. The van der Waals surface area contributed by atoms with Gasteiger partial charge in [-0.15, -0.1) is 11.8 Å². The van der Waals surface area contributed by atoms with Gasteiger partial charge in [0.2, 0.25) is 5.91 Å². The van der Waals surface area contributed by atoms with E-state index in [4.69, 9.17) is 5.41 Å². The van der Waals surface area contributed by atoms with E-state index in [1.807, 2.05) is 47.6 Å². The van der Waals surface area contributed by atoms with Gasteiger partial charge in [0, 0.05) is 49.7 Å². The number of para-hydroxylation sites is 1. The molecular weight excluding hydrogens is 406 g/mol. The van der Waals surface area contributed by atoms with Crippen LogP contribution in [0.2, 0.25) is 0 Å². The van der Waals surface area contributed by atoms with Crippen molar-refractivity contribution in [1.29, 1.82) is 5.41 Å². The summed E-state index contributed by atoms with van der Waals surface area (Å²) in [6, 6.07) is 16.3. The zero-order valence-electron chi connectivity index (χ0n) is 18.1. The van der Waals surface area contributed by atoms with Gasteiger partial charge >= 0.3 is 0 Å². The molecule has 1 amide bonds. The fourth-order valence-electron chi connectivity index (χ4n) is 4.32. The monoisotopic (exact) mass is 437 g/mol. The van der Waals surface area contributed by atoms with Crippen LogP contribution in [-0.4, -0.2) is 61.4 Å². The van der Waals surface area contributed by atoms with Crippen LogP contribution < -0.4 is 15.5 Å². The molecule has 6 nitrogen and oxygen atoms in total. The van der Waals surface area contributed by atoms with Gasteiger partial charge in [0.15, 0.2) is 0 Å². The number of hydrogen-bond acceptors (Lipinski definition) is 6. The molecule has 3 N–H and O–H groups in total. The first kappa shape index (κ1) is 21.7. The molecule has 0 aliphatic carbocycles. The second kappa shape index (κ2) is 10.2. The minimum absolute atomic E-state index is 0.138. The van der Waals surface area contributed by atoms with Gasteiger partial charge in [-0.1, -0.05) is 18.2 Å². The summed E-state index contributed by atoms with van der Waals surface area (Å²) in [6.07, 6.45) is 4.02. The lowest BCUT2D eigenvalue weighted by Gasteiger charge is -2.38. The molecule has 0 bridgehead atoms. The lowest BCUT2D eigenvalue weighted by molar-refractivity contribution is -0.136. The SMILES string of the molecule is CSC(=N)c1ccc(N2CCN(C(=O)C3CCCNC3)CC2)cc1Nc1ccccc1. The van der Waals surface area contributed by atoms with Crippen LogP contribution in [0.5, 0.6) is 0 Å². The fraction of sp³-hybridized carbons (Fsp3) is 0.417. The topological polar surface area (TPSA) is 71.5 Å². The van der Waals surface area contributed by atoms with E-state index in [0.29, 0.717) is 11.0 Å². The van der Waals surface area contributed by atoms with Crippen molar-refractivity contribution in [2.24, 2.45) is 5.92 Å². The minimum Gasteiger partial charge on any atom is -0.368 e. The average molecular weight is 438 g/mol. The zero-order chi connectivity index (χ0) is 21.6. The Morgan fingerprint density at radius 3 is 2.58 bits per heavy atom. The van der Waals surface area contributed by atoms with E-state index in [1.165, 1.54) is 11.8 Å². The average Bonchev–Trinajstić information content (AvgIpc) is 2.84. The summed E-state index contributed by atoms with van der Waals surface area (Å²) in [6.45, 7) is 5.03. The number of piperidine rings is 1. The van der Waals surface area contributed by atoms with Crippen molar-refractivity contribution in [2.75, 3.05) is 55.7 Å². The smallest absolute Gasteiger partial charge is 0.227 e. The summed E-state index contributed by atoms with van der Waals surface area (Å²) < 4.78 is 0. The molecule has 1 unspecified atom stereocenters. The summed E-state index contributed by atoms with van der Waals surface area (Å²) in [5.41, 5.74) is 3.97. The Bertz CT molecular complexity index is 905. The minimum atomic E-state index is 0.138. The van der Waals surface area contributed by atoms with Gasteiger partial charge in [0.1, 0.15) is 0 Å². The predicted molar refractivity (Wildman–Crippen MR) is 131 cm³/mol. The summed E-state index contributed by atoms with van der Waals surface area (Å²) in [5.74, 6) is 0.445. The quantitative estimate of drug-likeness (QED) is 0.491. The van der Waals surface area contributed by atoms with Crippen molar-refractivity contribution in [3.8, 4) is 0 Å². The van der Waals surface area contributed by atoms with E-state index >= 15 is 0 Å². The fourth-order valence-corrected chi connectivity index (χ4v) is 4.72. The number of anilines is 3. The maximum Gasteiger partial charge on any atom is 0.227 e. The molecule has 0 spiro atoms. The second-order valence-electron chi connectivity index (χ2n) is 8.11. The van der Waals surface area contributed by atoms with Crippen molar-refractivity contribution in [2.45, 2.75) is 12.8 Å². The van der Waals surface area contributed by atoms with Crippen LogP contribution in [0, 0.1) is 11.3 Å². The molecule has 2 aromatic rings. The van der Waals surface area contributed by atoms with Gasteiger partial charge < -0.3 is 20.4 Å². The largest absolute Gasteiger partial charge is 0.368 e. The second-order valence-corrected chi connectivity index (χ2v) is 8.93. The van der Waals surface area contributed by atoms with Gasteiger partial charge in [-0.05, 0) is 56.0 Å². The van der Waals surface area contributed by atoms with E-state index in [2.05, 4.69) is 27.7 Å². The first-order chi connectivity index (χ1) is 15.2. The third-order valence-electron chi connectivity index (χ3n) is 6.11. The standard InChI is InChI=1S/C24H31N5OS/c1-31-23(25)21-10-9-20(16-22(21)27-19-7-3-2-4-8-19)28-12-14-29(15-13-28)24(30)18-6-5-11-26-17-18/h2-4,7-10,16,18,25-27H,5-6,11-15,17H2,1H3. The lowest BCUT2D eigenvalue weighted by Crippen LogP contribution is -2.52. The van der Waals surface area contributed by atoms with E-state index in [1.54, 1.807) is 0 Å². The first-order valence-corrected chi connectivity index (χ1v) is 12.2. The van der Waals surface area contributed by atoms with Crippen LogP contribution in [0.4, 0.5) is 17.1 Å². The zero-order valence-corrected chi connectivity index (χ0v) is 18.9. The number of nitrogens with one attached hydrogen (secondary N) is 3. The number of hydrogen-bond donors (Lipinski definition) is 3. The number of amides is 1. The van der Waals surface area contributed by atoms with E-state index < -0.39 is 0 Å². The number of rotatable bonds is 5. The molecule has 2 aliphatic rings. The Kier molecular flexibility index (Phi) is 7.14. The molecule has 0 radical (unpaired) electrons. The lowest BCUT2D eigenvalue weighted by atomic mass is 9.98. The van der Waals surface area contributed by atoms with E-state index in [0.717, 1.165) is 74.7 Å². The number of carbonyl (C=O) groups is 1. The molecule has 2 aliphatic heterocycles. The van der Waals surface area contributed by atoms with E-state index in [9.17, 15) is 4.79 Å². The van der Waals surface area contributed by atoms with Gasteiger partial charge in [0.25, 0.3) is 0 Å². The molecule has 2 fully saturated rings. The Morgan fingerprint density at radius 2 is 1.90 bits per heavy atom. The summed E-state index contributed by atoms with van der Waals surface area (Å²) in [4.78, 5) is 17.2. The molecule has 2 saturated heterocycles. The number of piperazine rings is 1. The normalized spacial score (nSPS) is 19.2. The Morgan fingerprint density at radius 1 is 1.13 bits per heavy atom. The van der Waals surface area contributed by atoms with Crippen LogP contribution >= 0.6 is 11.8 Å². The molecule has 0 aromatic heterocycles. The first-order valence-electron chi connectivity index (χ1n) is 11.0. The number of carbonyl (C=O) groups excluding carboxylic acids is 1. The highest BCUT2D eigenvalue weighted by Gasteiger charge is 2.28. The molecule has 164 valence electrons. The third kappa shape index (κ3) is 5.22. The van der Waals surface area contributed by atoms with Crippen LogP contribution in [-0.2, 0) is 4.79 Å². The highest BCUT2D eigenvalue weighted by Crippen LogP contribution is 2.30. The summed E-state index contributed by atoms with van der Waals surface area (Å²) in [5, 5.41) is 15.7. The van der Waals surface area contributed by atoms with Gasteiger partial charge in [-0.3, -0.25) is 10.2 Å². The van der Waals surface area contributed by atoms with Crippen LogP contribution in [0.25, 0.3) is 0 Å². The molecule has 7 heteroatoms. The van der Waals surface area contributed by atoms with Crippen LogP contribution in [0.1, 0.15) is 18.4 Å². The third-order valence-corrected chi connectivity index (χ3v) is 6.74. The van der Waals surface area contributed by atoms with Gasteiger partial charge in [-0.25, -0.2) is 0 Å². The van der Waals surface area contributed by atoms with Crippen molar-refractivity contribution >= 4 is 39.8 Å². The summed E-state index contributed by atoms with van der Waals surface area (Å²) in [7, 11) is 0. The van der Waals surface area contributed by atoms with Crippen molar-refractivity contribution in [3.63, 3.8) is 0 Å². The van der Waals surface area contributed by atoms with Crippen LogP contribution in [0.3, 0.4) is 0 Å². The summed E-state index contributed by atoms with van der Waals surface area (Å²) >= 11 is 1.44. The van der Waals surface area contributed by atoms with Crippen molar-refractivity contribution < 1.29 is 4.79 Å². The number of benzene rings is 2. The molecule has 4 rings (SSSR count). The van der Waals surface area contributed by atoms with Crippen molar-refractivity contribution in [3.05, 3.63) is 54.1 Å². The maximum atomic E-state index is 12.8. The maximum absolute atomic E-state index is 12.8. The molecular formula is C24H31N5OS. The number of nitrogens with zero attached hydrogens (tertiary/aromatic N) is 2. The molecule has 2 aromatic carbocycles. The van der Waals surface area contributed by atoms with Crippen molar-refractivity contribution in [1.82, 2.24) is 10.2 Å². The Balaban J connectivity index is 1.46.